The van der Waals surface area contributed by atoms with E-state index in [-0.39, 0.29) is 12.2 Å². The molecule has 0 saturated carbocycles. The predicted molar refractivity (Wildman–Crippen MR) is 86.2 cm³/mol. The largest absolute Gasteiger partial charge is 0.478 e. The molecular weight excluding hydrogens is 284 g/mol. The Balaban J connectivity index is 2.58. The maximum absolute atomic E-state index is 11.6. The van der Waals surface area contributed by atoms with Gasteiger partial charge in [-0.15, -0.1) is 11.8 Å². The SMILES string of the molecule is CSc1ccc(/C(CO)=C(/C(=O)O)c2ccccc2)cc1. The number of hydrogen-bond acceptors (Lipinski definition) is 3. The molecule has 0 aliphatic heterocycles. The Hall–Kier alpha value is -2.04. The molecule has 0 aliphatic carbocycles. The summed E-state index contributed by atoms with van der Waals surface area (Å²) in [5, 5.41) is 19.2. The zero-order chi connectivity index (χ0) is 15.2. The van der Waals surface area contributed by atoms with Crippen molar-refractivity contribution in [1.29, 1.82) is 0 Å². The van der Waals surface area contributed by atoms with Gasteiger partial charge in [0, 0.05) is 4.90 Å². The fraction of sp³-hybridized carbons (Fsp3) is 0.118. The van der Waals surface area contributed by atoms with Crippen LogP contribution < -0.4 is 0 Å². The fourth-order valence-electron chi connectivity index (χ4n) is 2.14. The average molecular weight is 300 g/mol. The minimum atomic E-state index is -1.04. The second kappa shape index (κ2) is 7.11. The molecule has 0 atom stereocenters. The highest BCUT2D eigenvalue weighted by molar-refractivity contribution is 7.98. The fourth-order valence-corrected chi connectivity index (χ4v) is 2.55. The zero-order valence-corrected chi connectivity index (χ0v) is 12.4. The van der Waals surface area contributed by atoms with Crippen LogP contribution in [0.2, 0.25) is 0 Å². The van der Waals surface area contributed by atoms with E-state index in [1.807, 2.05) is 36.6 Å². The molecule has 4 heteroatoms. The van der Waals surface area contributed by atoms with Gasteiger partial charge in [0.15, 0.2) is 0 Å². The molecule has 0 fully saturated rings. The first kappa shape index (κ1) is 15.4. The topological polar surface area (TPSA) is 57.5 Å². The van der Waals surface area contributed by atoms with Crippen molar-refractivity contribution in [2.45, 2.75) is 4.90 Å². The summed E-state index contributed by atoms with van der Waals surface area (Å²) in [4.78, 5) is 12.7. The number of hydrogen-bond donors (Lipinski definition) is 2. The third-order valence-corrected chi connectivity index (χ3v) is 3.92. The highest BCUT2D eigenvalue weighted by atomic mass is 32.2. The van der Waals surface area contributed by atoms with E-state index in [0.29, 0.717) is 11.1 Å². The molecule has 0 aromatic heterocycles. The Kier molecular flexibility index (Phi) is 5.20. The normalized spacial score (nSPS) is 11.9. The molecule has 0 radical (unpaired) electrons. The van der Waals surface area contributed by atoms with Gasteiger partial charge in [0.05, 0.1) is 12.2 Å². The van der Waals surface area contributed by atoms with Gasteiger partial charge in [0.1, 0.15) is 0 Å². The summed E-state index contributed by atoms with van der Waals surface area (Å²) < 4.78 is 0. The van der Waals surface area contributed by atoms with Crippen LogP contribution in [0.5, 0.6) is 0 Å². The second-order valence-corrected chi connectivity index (χ2v) is 5.29. The van der Waals surface area contributed by atoms with E-state index in [2.05, 4.69) is 0 Å². The van der Waals surface area contributed by atoms with Gasteiger partial charge in [-0.3, -0.25) is 0 Å². The van der Waals surface area contributed by atoms with Crippen molar-refractivity contribution in [2.75, 3.05) is 12.9 Å². The van der Waals surface area contributed by atoms with Gasteiger partial charge in [-0.25, -0.2) is 4.79 Å². The Bertz CT molecular complexity index is 645. The number of thioether (sulfide) groups is 1. The third kappa shape index (κ3) is 3.54. The van der Waals surface area contributed by atoms with Crippen LogP contribution >= 0.6 is 11.8 Å². The molecule has 108 valence electrons. The highest BCUT2D eigenvalue weighted by Gasteiger charge is 2.17. The molecule has 2 rings (SSSR count). The van der Waals surface area contributed by atoms with Crippen LogP contribution in [-0.4, -0.2) is 29.0 Å². The van der Waals surface area contributed by atoms with Crippen molar-refractivity contribution in [2.24, 2.45) is 0 Å². The van der Waals surface area contributed by atoms with E-state index in [1.165, 1.54) is 0 Å². The Morgan fingerprint density at radius 3 is 2.10 bits per heavy atom. The maximum Gasteiger partial charge on any atom is 0.336 e. The van der Waals surface area contributed by atoms with Crippen LogP contribution in [0.4, 0.5) is 0 Å². The summed E-state index contributed by atoms with van der Waals surface area (Å²) in [7, 11) is 0. The first-order valence-electron chi connectivity index (χ1n) is 6.44. The van der Waals surface area contributed by atoms with Crippen molar-refractivity contribution in [1.82, 2.24) is 0 Å². The van der Waals surface area contributed by atoms with Gasteiger partial charge in [0.25, 0.3) is 0 Å². The summed E-state index contributed by atoms with van der Waals surface area (Å²) in [5.74, 6) is -1.04. The smallest absolute Gasteiger partial charge is 0.336 e. The molecule has 2 aromatic carbocycles. The van der Waals surface area contributed by atoms with Crippen LogP contribution in [0.15, 0.2) is 59.5 Å². The molecule has 0 heterocycles. The lowest BCUT2D eigenvalue weighted by atomic mass is 9.95. The molecule has 0 spiro atoms. The van der Waals surface area contributed by atoms with Gasteiger partial charge in [0.2, 0.25) is 0 Å². The van der Waals surface area contributed by atoms with E-state index in [1.54, 1.807) is 36.0 Å². The van der Waals surface area contributed by atoms with Crippen molar-refractivity contribution in [3.8, 4) is 0 Å². The van der Waals surface area contributed by atoms with E-state index in [4.69, 9.17) is 0 Å². The molecule has 21 heavy (non-hydrogen) atoms. The van der Waals surface area contributed by atoms with E-state index < -0.39 is 5.97 Å². The number of aliphatic carboxylic acids is 1. The molecule has 3 nitrogen and oxygen atoms in total. The van der Waals surface area contributed by atoms with Crippen molar-refractivity contribution >= 4 is 28.9 Å². The number of benzene rings is 2. The number of carboxylic acids is 1. The standard InChI is InChI=1S/C17H16O3S/c1-21-14-9-7-12(8-10-14)15(11-18)16(17(19)20)13-5-3-2-4-6-13/h2-10,18H,11H2,1H3,(H,19,20)/b16-15+. The highest BCUT2D eigenvalue weighted by Crippen LogP contribution is 2.27. The minimum absolute atomic E-state index is 0.134. The number of carboxylic acid groups (broad SMARTS) is 1. The van der Waals surface area contributed by atoms with Gasteiger partial charge >= 0.3 is 5.97 Å². The van der Waals surface area contributed by atoms with E-state index in [0.717, 1.165) is 10.5 Å². The van der Waals surface area contributed by atoms with Crippen molar-refractivity contribution < 1.29 is 15.0 Å². The van der Waals surface area contributed by atoms with Crippen LogP contribution in [0.1, 0.15) is 11.1 Å². The summed E-state index contributed by atoms with van der Waals surface area (Å²) in [5.41, 5.74) is 1.86. The summed E-state index contributed by atoms with van der Waals surface area (Å²) >= 11 is 1.61. The molecule has 0 unspecified atom stereocenters. The Morgan fingerprint density at radius 2 is 1.62 bits per heavy atom. The minimum Gasteiger partial charge on any atom is -0.478 e. The molecule has 2 aromatic rings. The number of aliphatic hydroxyl groups excluding tert-OH is 1. The lowest BCUT2D eigenvalue weighted by Gasteiger charge is -2.11. The van der Waals surface area contributed by atoms with Crippen molar-refractivity contribution in [3.05, 3.63) is 65.7 Å². The van der Waals surface area contributed by atoms with Gasteiger partial charge < -0.3 is 10.2 Å². The first-order valence-corrected chi connectivity index (χ1v) is 7.67. The third-order valence-electron chi connectivity index (χ3n) is 3.17. The average Bonchev–Trinajstić information content (AvgIpc) is 2.53. The quantitative estimate of drug-likeness (QED) is 0.505. The lowest BCUT2D eigenvalue weighted by Crippen LogP contribution is -2.06. The van der Waals surface area contributed by atoms with Crippen LogP contribution in [0, 0.1) is 0 Å². The summed E-state index contributed by atoms with van der Waals surface area (Å²) in [6.45, 7) is -0.324. The summed E-state index contributed by atoms with van der Waals surface area (Å²) in [6, 6.07) is 16.4. The van der Waals surface area contributed by atoms with Crippen LogP contribution in [0.25, 0.3) is 11.1 Å². The van der Waals surface area contributed by atoms with Gasteiger partial charge in [-0.05, 0) is 35.1 Å². The lowest BCUT2D eigenvalue weighted by molar-refractivity contribution is -0.130. The molecule has 0 bridgehead atoms. The number of aliphatic hydroxyl groups is 1. The number of rotatable bonds is 5. The molecule has 0 saturated heterocycles. The molecule has 0 amide bonds. The van der Waals surface area contributed by atoms with Crippen LogP contribution in [0.3, 0.4) is 0 Å². The summed E-state index contributed by atoms with van der Waals surface area (Å²) in [6.07, 6.45) is 1.98. The molecule has 2 N–H and O–H groups in total. The van der Waals surface area contributed by atoms with E-state index >= 15 is 0 Å². The van der Waals surface area contributed by atoms with Gasteiger partial charge in [-0.1, -0.05) is 42.5 Å². The van der Waals surface area contributed by atoms with Crippen LogP contribution in [-0.2, 0) is 4.79 Å². The number of carbonyl (C=O) groups is 1. The van der Waals surface area contributed by atoms with Crippen molar-refractivity contribution in [3.63, 3.8) is 0 Å². The molecule has 0 aliphatic rings. The Labute approximate surface area is 127 Å². The molecular formula is C17H16O3S. The predicted octanol–water partition coefficient (Wildman–Crippen LogP) is 3.40. The van der Waals surface area contributed by atoms with Gasteiger partial charge in [-0.2, -0.15) is 0 Å². The monoisotopic (exact) mass is 300 g/mol. The second-order valence-electron chi connectivity index (χ2n) is 4.41. The van der Waals surface area contributed by atoms with E-state index in [9.17, 15) is 15.0 Å². The Morgan fingerprint density at radius 1 is 1.00 bits per heavy atom. The maximum atomic E-state index is 11.6. The first-order chi connectivity index (χ1) is 10.2. The zero-order valence-electron chi connectivity index (χ0n) is 11.6.